The predicted octanol–water partition coefficient (Wildman–Crippen LogP) is 0.941. The Morgan fingerprint density at radius 1 is 1.22 bits per heavy atom. The van der Waals surface area contributed by atoms with Crippen molar-refractivity contribution in [2.24, 2.45) is 0 Å². The Morgan fingerprint density at radius 2 is 1.78 bits per heavy atom. The molecule has 0 aliphatic heterocycles. The standard InChI is InChI=1S/C5H11NO3/c7-6(8)9-5-3-1-2-4-5/h5,7-8H,1-4H2. The van der Waals surface area contributed by atoms with E-state index in [9.17, 15) is 0 Å². The largest absolute Gasteiger partial charge is 0.266 e. The zero-order valence-corrected chi connectivity index (χ0v) is 5.16. The molecule has 1 aliphatic rings. The minimum absolute atomic E-state index is 0.0139. The van der Waals surface area contributed by atoms with Gasteiger partial charge in [-0.2, -0.15) is 0 Å². The topological polar surface area (TPSA) is 52.9 Å². The Balaban J connectivity index is 2.11. The van der Waals surface area contributed by atoms with Crippen LogP contribution in [0.4, 0.5) is 0 Å². The maximum Gasteiger partial charge on any atom is 0.0844 e. The fraction of sp³-hybridized carbons (Fsp3) is 1.00. The second-order valence-corrected chi connectivity index (χ2v) is 2.26. The fourth-order valence-corrected chi connectivity index (χ4v) is 1.13. The highest BCUT2D eigenvalue weighted by Crippen LogP contribution is 2.20. The molecule has 0 aromatic heterocycles. The van der Waals surface area contributed by atoms with Crippen LogP contribution in [0.15, 0.2) is 0 Å². The van der Waals surface area contributed by atoms with E-state index in [0.29, 0.717) is 0 Å². The summed E-state index contributed by atoms with van der Waals surface area (Å²) in [5, 5.41) is 16.2. The normalized spacial score (nSPS) is 21.7. The summed E-state index contributed by atoms with van der Waals surface area (Å²) < 4.78 is 0. The van der Waals surface area contributed by atoms with Gasteiger partial charge in [-0.25, -0.2) is 4.84 Å². The molecule has 0 aromatic rings. The van der Waals surface area contributed by atoms with Crippen LogP contribution in [0.3, 0.4) is 0 Å². The van der Waals surface area contributed by atoms with E-state index in [1.165, 1.54) is 0 Å². The molecule has 0 aromatic carbocycles. The van der Waals surface area contributed by atoms with Crippen molar-refractivity contribution >= 4 is 0 Å². The monoisotopic (exact) mass is 133 g/mol. The van der Waals surface area contributed by atoms with E-state index in [4.69, 9.17) is 10.4 Å². The molecule has 0 radical (unpaired) electrons. The van der Waals surface area contributed by atoms with Crippen LogP contribution in [0.2, 0.25) is 0 Å². The zero-order valence-electron chi connectivity index (χ0n) is 5.16. The number of hydrogen-bond acceptors (Lipinski definition) is 4. The van der Waals surface area contributed by atoms with Crippen LogP contribution >= 0.6 is 0 Å². The lowest BCUT2D eigenvalue weighted by Crippen LogP contribution is -2.21. The maximum atomic E-state index is 8.18. The first-order valence-electron chi connectivity index (χ1n) is 3.13. The molecule has 4 heteroatoms. The highest BCUT2D eigenvalue weighted by molar-refractivity contribution is 4.64. The minimum atomic E-state index is -0.198. The quantitative estimate of drug-likeness (QED) is 0.550. The van der Waals surface area contributed by atoms with Gasteiger partial charge in [0.25, 0.3) is 0 Å². The molecule has 0 unspecified atom stereocenters. The van der Waals surface area contributed by atoms with Crippen LogP contribution in [-0.4, -0.2) is 21.9 Å². The Hall–Kier alpha value is -0.160. The van der Waals surface area contributed by atoms with Gasteiger partial charge in [-0.3, -0.25) is 10.4 Å². The van der Waals surface area contributed by atoms with Crippen molar-refractivity contribution < 1.29 is 15.3 Å². The van der Waals surface area contributed by atoms with Crippen LogP contribution in [0.25, 0.3) is 0 Å². The van der Waals surface area contributed by atoms with Crippen LogP contribution in [0, 0.1) is 0 Å². The first kappa shape index (κ1) is 6.95. The second kappa shape index (κ2) is 3.12. The van der Waals surface area contributed by atoms with Crippen molar-refractivity contribution in [1.82, 2.24) is 5.39 Å². The van der Waals surface area contributed by atoms with Gasteiger partial charge < -0.3 is 0 Å². The van der Waals surface area contributed by atoms with Gasteiger partial charge in [0.2, 0.25) is 0 Å². The molecule has 0 spiro atoms. The molecular formula is C5H11NO3. The van der Waals surface area contributed by atoms with Crippen LogP contribution in [-0.2, 0) is 4.84 Å². The van der Waals surface area contributed by atoms with E-state index in [1.807, 2.05) is 0 Å². The molecule has 2 N–H and O–H groups in total. The summed E-state index contributed by atoms with van der Waals surface area (Å²) in [6.07, 6.45) is 4.12. The summed E-state index contributed by atoms with van der Waals surface area (Å²) in [6, 6.07) is 0. The molecule has 1 rings (SSSR count). The van der Waals surface area contributed by atoms with Crippen molar-refractivity contribution in [3.63, 3.8) is 0 Å². The van der Waals surface area contributed by atoms with Crippen molar-refractivity contribution in [2.45, 2.75) is 31.8 Å². The Labute approximate surface area is 53.5 Å². The van der Waals surface area contributed by atoms with Gasteiger partial charge >= 0.3 is 0 Å². The van der Waals surface area contributed by atoms with E-state index in [0.717, 1.165) is 25.7 Å². The van der Waals surface area contributed by atoms with Crippen molar-refractivity contribution in [3.05, 3.63) is 0 Å². The summed E-state index contributed by atoms with van der Waals surface area (Å²) >= 11 is 0. The Morgan fingerprint density at radius 3 is 2.22 bits per heavy atom. The molecule has 1 fully saturated rings. The van der Waals surface area contributed by atoms with Gasteiger partial charge in [-0.05, 0) is 12.8 Å². The van der Waals surface area contributed by atoms with E-state index in [-0.39, 0.29) is 11.5 Å². The minimum Gasteiger partial charge on any atom is -0.266 e. The maximum absolute atomic E-state index is 8.18. The molecule has 9 heavy (non-hydrogen) atoms. The lowest BCUT2D eigenvalue weighted by atomic mass is 10.3. The zero-order chi connectivity index (χ0) is 6.69. The molecule has 4 nitrogen and oxygen atoms in total. The third-order valence-electron chi connectivity index (χ3n) is 1.55. The van der Waals surface area contributed by atoms with E-state index in [2.05, 4.69) is 4.84 Å². The molecule has 0 amide bonds. The van der Waals surface area contributed by atoms with E-state index in [1.54, 1.807) is 0 Å². The first-order valence-corrected chi connectivity index (χ1v) is 3.13. The first-order chi connectivity index (χ1) is 4.29. The van der Waals surface area contributed by atoms with Gasteiger partial charge in [0.05, 0.1) is 11.5 Å². The average Bonchev–Trinajstić information content (AvgIpc) is 2.15. The molecule has 1 saturated carbocycles. The molecule has 0 atom stereocenters. The number of rotatable bonds is 2. The lowest BCUT2D eigenvalue weighted by molar-refractivity contribution is -0.504. The summed E-state index contributed by atoms with van der Waals surface area (Å²) in [5.74, 6) is 0. The van der Waals surface area contributed by atoms with Gasteiger partial charge in [-0.1, -0.05) is 12.8 Å². The van der Waals surface area contributed by atoms with Gasteiger partial charge in [-0.15, -0.1) is 0 Å². The van der Waals surface area contributed by atoms with Gasteiger partial charge in [0, 0.05) is 0 Å². The smallest absolute Gasteiger partial charge is 0.0844 e. The second-order valence-electron chi connectivity index (χ2n) is 2.26. The summed E-state index contributed by atoms with van der Waals surface area (Å²) in [7, 11) is 0. The van der Waals surface area contributed by atoms with Gasteiger partial charge in [0.1, 0.15) is 0 Å². The third-order valence-corrected chi connectivity index (χ3v) is 1.55. The van der Waals surface area contributed by atoms with Crippen LogP contribution in [0.1, 0.15) is 25.7 Å². The Bertz CT molecular complexity index is 80.3. The SMILES string of the molecule is ON(O)OC1CCCC1. The van der Waals surface area contributed by atoms with Crippen molar-refractivity contribution in [1.29, 1.82) is 0 Å². The molecule has 0 saturated heterocycles. The highest BCUT2D eigenvalue weighted by atomic mass is 17.1. The lowest BCUT2D eigenvalue weighted by Gasteiger charge is -2.11. The average molecular weight is 133 g/mol. The number of hydrogen-bond donors (Lipinski definition) is 2. The highest BCUT2D eigenvalue weighted by Gasteiger charge is 2.17. The summed E-state index contributed by atoms with van der Waals surface area (Å²) in [6.45, 7) is 0. The molecule has 54 valence electrons. The van der Waals surface area contributed by atoms with Crippen molar-refractivity contribution in [3.8, 4) is 0 Å². The molecular weight excluding hydrogens is 122 g/mol. The number of nitrogens with zero attached hydrogens (tertiary/aromatic N) is 1. The summed E-state index contributed by atoms with van der Waals surface area (Å²) in [4.78, 5) is 4.56. The predicted molar refractivity (Wildman–Crippen MR) is 28.8 cm³/mol. The van der Waals surface area contributed by atoms with Crippen LogP contribution in [0.5, 0.6) is 0 Å². The van der Waals surface area contributed by atoms with E-state index >= 15 is 0 Å². The summed E-state index contributed by atoms with van der Waals surface area (Å²) in [5.41, 5.74) is 0. The van der Waals surface area contributed by atoms with Crippen molar-refractivity contribution in [2.75, 3.05) is 0 Å². The molecule has 1 aliphatic carbocycles. The molecule has 0 heterocycles. The van der Waals surface area contributed by atoms with E-state index < -0.39 is 0 Å². The third kappa shape index (κ3) is 2.28. The van der Waals surface area contributed by atoms with Gasteiger partial charge in [0.15, 0.2) is 0 Å². The fourth-order valence-electron chi connectivity index (χ4n) is 1.13. The van der Waals surface area contributed by atoms with Crippen LogP contribution < -0.4 is 0 Å². The Kier molecular flexibility index (Phi) is 2.41. The molecule has 0 bridgehead atoms.